The van der Waals surface area contributed by atoms with Crippen molar-refractivity contribution in [1.29, 1.82) is 0 Å². The number of carbonyl (C=O) groups excluding carboxylic acids is 1. The second-order valence-corrected chi connectivity index (χ2v) is 4.10. The molecule has 0 atom stereocenters. The van der Waals surface area contributed by atoms with Crippen LogP contribution >= 0.6 is 0 Å². The van der Waals surface area contributed by atoms with Crippen LogP contribution in [0.25, 0.3) is 0 Å². The summed E-state index contributed by atoms with van der Waals surface area (Å²) in [5, 5.41) is 12.9. The Kier molecular flexibility index (Phi) is 4.87. The molecule has 8 heteroatoms. The Hall–Kier alpha value is -2.09. The first-order valence-corrected chi connectivity index (χ1v) is 5.39. The van der Waals surface area contributed by atoms with Crippen LogP contribution in [0.1, 0.15) is 10.4 Å². The van der Waals surface area contributed by atoms with E-state index >= 15 is 0 Å². The lowest BCUT2D eigenvalue weighted by molar-refractivity contribution is -0.387. The molecule has 0 unspecified atom stereocenters. The molecule has 1 amide bonds. The summed E-state index contributed by atoms with van der Waals surface area (Å²) < 4.78 is 26.8. The number of hydrogen-bond donors (Lipinski definition) is 1. The number of hydrogen-bond acceptors (Lipinski definition) is 4. The Morgan fingerprint density at radius 2 is 2.05 bits per heavy atom. The lowest BCUT2D eigenvalue weighted by Gasteiger charge is -2.10. The zero-order valence-corrected chi connectivity index (χ0v) is 10.4. The molecular formula is C11H13F2N3O3. The van der Waals surface area contributed by atoms with E-state index in [0.29, 0.717) is 18.7 Å². The highest BCUT2D eigenvalue weighted by Gasteiger charge is 2.23. The second-order valence-electron chi connectivity index (χ2n) is 4.10. The summed E-state index contributed by atoms with van der Waals surface area (Å²) in [5.41, 5.74) is -1.73. The van der Waals surface area contributed by atoms with E-state index < -0.39 is 33.7 Å². The van der Waals surface area contributed by atoms with E-state index in [-0.39, 0.29) is 6.54 Å². The molecule has 1 aromatic rings. The fraction of sp³-hybridized carbons (Fsp3) is 0.364. The standard InChI is InChI=1S/C11H13F2N3O3/c1-15(2)4-3-14-11(17)8-5-7(12)6-9(10(8)13)16(18)19/h5-6H,3-4H2,1-2H3,(H,14,17). The Labute approximate surface area is 108 Å². The highest BCUT2D eigenvalue weighted by Crippen LogP contribution is 2.22. The topological polar surface area (TPSA) is 75.5 Å². The van der Waals surface area contributed by atoms with E-state index in [1.54, 1.807) is 19.0 Å². The number of amides is 1. The third-order valence-electron chi connectivity index (χ3n) is 2.30. The number of nitro benzene ring substituents is 1. The van der Waals surface area contributed by atoms with Gasteiger partial charge in [-0.05, 0) is 20.2 Å². The van der Waals surface area contributed by atoms with Gasteiger partial charge in [-0.1, -0.05) is 0 Å². The highest BCUT2D eigenvalue weighted by atomic mass is 19.1. The van der Waals surface area contributed by atoms with Gasteiger partial charge in [-0.25, -0.2) is 4.39 Å². The van der Waals surface area contributed by atoms with Crippen LogP contribution in [0.2, 0.25) is 0 Å². The largest absolute Gasteiger partial charge is 0.351 e. The lowest BCUT2D eigenvalue weighted by atomic mass is 10.1. The van der Waals surface area contributed by atoms with Gasteiger partial charge in [0, 0.05) is 13.1 Å². The molecule has 0 heterocycles. The maximum absolute atomic E-state index is 13.7. The van der Waals surface area contributed by atoms with Crippen molar-refractivity contribution >= 4 is 11.6 Å². The fourth-order valence-electron chi connectivity index (χ4n) is 1.36. The van der Waals surface area contributed by atoms with Crippen LogP contribution < -0.4 is 5.32 Å². The van der Waals surface area contributed by atoms with Crippen LogP contribution in [0.3, 0.4) is 0 Å². The number of nitrogens with one attached hydrogen (secondary N) is 1. The van der Waals surface area contributed by atoms with Gasteiger partial charge in [-0.3, -0.25) is 14.9 Å². The molecule has 0 radical (unpaired) electrons. The van der Waals surface area contributed by atoms with Gasteiger partial charge in [0.1, 0.15) is 5.82 Å². The van der Waals surface area contributed by atoms with Gasteiger partial charge >= 0.3 is 5.69 Å². The van der Waals surface area contributed by atoms with Gasteiger partial charge in [-0.15, -0.1) is 0 Å². The van der Waals surface area contributed by atoms with Crippen LogP contribution in [0, 0.1) is 21.7 Å². The molecule has 1 aromatic carbocycles. The molecular weight excluding hydrogens is 260 g/mol. The Morgan fingerprint density at radius 3 is 2.58 bits per heavy atom. The minimum absolute atomic E-state index is 0.218. The van der Waals surface area contributed by atoms with Gasteiger partial charge < -0.3 is 10.2 Å². The van der Waals surface area contributed by atoms with Crippen LogP contribution in [0.15, 0.2) is 12.1 Å². The Bertz CT molecular complexity index is 506. The van der Waals surface area contributed by atoms with Crippen molar-refractivity contribution < 1.29 is 18.5 Å². The Balaban J connectivity index is 2.94. The van der Waals surface area contributed by atoms with Gasteiger partial charge in [-0.2, -0.15) is 4.39 Å². The molecule has 0 saturated heterocycles. The summed E-state index contributed by atoms with van der Waals surface area (Å²) in [4.78, 5) is 22.8. The minimum atomic E-state index is -1.34. The summed E-state index contributed by atoms with van der Waals surface area (Å²) >= 11 is 0. The van der Waals surface area contributed by atoms with Crippen molar-refractivity contribution in [3.63, 3.8) is 0 Å². The van der Waals surface area contributed by atoms with Crippen molar-refractivity contribution in [1.82, 2.24) is 10.2 Å². The number of likely N-dealkylation sites (N-methyl/N-ethyl adjacent to an activating group) is 1. The summed E-state index contributed by atoms with van der Waals surface area (Å²) in [6.07, 6.45) is 0. The van der Waals surface area contributed by atoms with E-state index in [9.17, 15) is 23.7 Å². The SMILES string of the molecule is CN(C)CCNC(=O)c1cc(F)cc([N+](=O)[O-])c1F. The molecule has 6 nitrogen and oxygen atoms in total. The first-order chi connectivity index (χ1) is 8.82. The molecule has 19 heavy (non-hydrogen) atoms. The number of rotatable bonds is 5. The molecule has 0 bridgehead atoms. The average Bonchev–Trinajstić information content (AvgIpc) is 2.30. The van der Waals surface area contributed by atoms with Crippen LogP contribution in [0.5, 0.6) is 0 Å². The molecule has 0 aromatic heterocycles. The maximum Gasteiger partial charge on any atom is 0.308 e. The zero-order valence-electron chi connectivity index (χ0n) is 10.4. The molecule has 0 saturated carbocycles. The normalized spacial score (nSPS) is 10.6. The molecule has 104 valence electrons. The predicted octanol–water partition coefficient (Wildman–Crippen LogP) is 1.16. The van der Waals surface area contributed by atoms with Crippen molar-refractivity contribution in [3.8, 4) is 0 Å². The van der Waals surface area contributed by atoms with Crippen molar-refractivity contribution in [3.05, 3.63) is 39.4 Å². The van der Waals surface area contributed by atoms with Gasteiger partial charge in [0.15, 0.2) is 0 Å². The van der Waals surface area contributed by atoms with E-state index in [0.717, 1.165) is 0 Å². The molecule has 0 spiro atoms. The lowest BCUT2D eigenvalue weighted by Crippen LogP contribution is -2.32. The molecule has 1 rings (SSSR count). The maximum atomic E-state index is 13.7. The number of halogens is 2. The number of benzene rings is 1. The summed E-state index contributed by atoms with van der Waals surface area (Å²) in [6, 6.07) is 1.07. The van der Waals surface area contributed by atoms with Crippen LogP contribution in [-0.4, -0.2) is 42.9 Å². The quantitative estimate of drug-likeness (QED) is 0.645. The van der Waals surface area contributed by atoms with Crippen LogP contribution in [0.4, 0.5) is 14.5 Å². The van der Waals surface area contributed by atoms with Crippen molar-refractivity contribution in [2.75, 3.05) is 27.2 Å². The van der Waals surface area contributed by atoms with Crippen molar-refractivity contribution in [2.24, 2.45) is 0 Å². The number of nitro groups is 1. The van der Waals surface area contributed by atoms with E-state index in [2.05, 4.69) is 5.32 Å². The van der Waals surface area contributed by atoms with E-state index in [4.69, 9.17) is 0 Å². The fourth-order valence-corrected chi connectivity index (χ4v) is 1.36. The third kappa shape index (κ3) is 3.95. The Morgan fingerprint density at radius 1 is 1.42 bits per heavy atom. The molecule has 0 aliphatic heterocycles. The first-order valence-electron chi connectivity index (χ1n) is 5.39. The van der Waals surface area contributed by atoms with Crippen molar-refractivity contribution in [2.45, 2.75) is 0 Å². The number of carbonyl (C=O) groups is 1. The number of nitrogens with zero attached hydrogens (tertiary/aromatic N) is 2. The van der Waals surface area contributed by atoms with E-state index in [1.165, 1.54) is 0 Å². The summed E-state index contributed by atoms with van der Waals surface area (Å²) in [6.45, 7) is 0.723. The summed E-state index contributed by atoms with van der Waals surface area (Å²) in [5.74, 6) is -3.26. The predicted molar refractivity (Wildman–Crippen MR) is 63.9 cm³/mol. The van der Waals surface area contributed by atoms with Gasteiger partial charge in [0.25, 0.3) is 5.91 Å². The first kappa shape index (κ1) is 15.0. The van der Waals surface area contributed by atoms with Gasteiger partial charge in [0.05, 0.1) is 16.6 Å². The third-order valence-corrected chi connectivity index (χ3v) is 2.30. The average molecular weight is 273 g/mol. The molecule has 0 aliphatic rings. The van der Waals surface area contributed by atoms with Gasteiger partial charge in [0.2, 0.25) is 5.82 Å². The monoisotopic (exact) mass is 273 g/mol. The van der Waals surface area contributed by atoms with E-state index in [1.807, 2.05) is 0 Å². The minimum Gasteiger partial charge on any atom is -0.351 e. The molecule has 1 N–H and O–H groups in total. The molecule has 0 aliphatic carbocycles. The zero-order chi connectivity index (χ0) is 14.6. The van der Waals surface area contributed by atoms with Crippen LogP contribution in [-0.2, 0) is 0 Å². The summed E-state index contributed by atoms with van der Waals surface area (Å²) in [7, 11) is 3.56. The molecule has 0 fully saturated rings. The highest BCUT2D eigenvalue weighted by molar-refractivity contribution is 5.95. The smallest absolute Gasteiger partial charge is 0.308 e. The second kappa shape index (κ2) is 6.19.